The molecule has 5 heteroatoms. The molecule has 2 N–H and O–H groups in total. The van der Waals surface area contributed by atoms with Crippen molar-refractivity contribution in [1.82, 2.24) is 15.0 Å². The van der Waals surface area contributed by atoms with E-state index in [1.807, 2.05) is 0 Å². The van der Waals surface area contributed by atoms with Crippen LogP contribution in [0.1, 0.15) is 69.7 Å². The number of rotatable bonds is 4. The summed E-state index contributed by atoms with van der Waals surface area (Å²) >= 11 is 0. The molecule has 0 saturated heterocycles. The Morgan fingerprint density at radius 2 is 1.45 bits per heavy atom. The van der Waals surface area contributed by atoms with Gasteiger partial charge in [0.15, 0.2) is 0 Å². The van der Waals surface area contributed by atoms with Crippen LogP contribution in [0.4, 0.5) is 0 Å². The summed E-state index contributed by atoms with van der Waals surface area (Å²) in [6.45, 7) is 11.4. The van der Waals surface area contributed by atoms with Crippen molar-refractivity contribution in [3.8, 4) is 22.5 Å². The Morgan fingerprint density at radius 1 is 0.909 bits per heavy atom. The number of benzene rings is 1. The summed E-state index contributed by atoms with van der Waals surface area (Å²) in [6.07, 6.45) is 6.62. The number of fused-ring (bicyclic) bond motifs is 6. The van der Waals surface area contributed by atoms with Gasteiger partial charge in [-0.05, 0) is 80.5 Å². The van der Waals surface area contributed by atoms with Crippen LogP contribution in [-0.2, 0) is 15.9 Å². The third-order valence-electron chi connectivity index (χ3n) is 8.97. The Balaban J connectivity index is 1.59. The smallest absolute Gasteiger partial charge is 0.122 e. The number of nitrogens with zero attached hydrogens (tertiary/aromatic N) is 2. The molecular formula is C28H37N4O+. The average molecular weight is 446 g/mol. The first-order chi connectivity index (χ1) is 15.4. The van der Waals surface area contributed by atoms with Crippen LogP contribution in [-0.4, -0.2) is 46.4 Å². The summed E-state index contributed by atoms with van der Waals surface area (Å²) in [6, 6.07) is 9.45. The number of nitrogens with one attached hydrogen (secondary N) is 2. The third-order valence-corrected chi connectivity index (χ3v) is 8.97. The van der Waals surface area contributed by atoms with E-state index in [9.17, 15) is 0 Å². The van der Waals surface area contributed by atoms with Crippen LogP contribution in [0.2, 0.25) is 0 Å². The van der Waals surface area contributed by atoms with Crippen molar-refractivity contribution in [3.05, 3.63) is 58.9 Å². The van der Waals surface area contributed by atoms with Crippen molar-refractivity contribution >= 4 is 0 Å². The molecule has 2 heterocycles. The van der Waals surface area contributed by atoms with Gasteiger partial charge in [-0.25, -0.2) is 0 Å². The molecule has 0 aliphatic heterocycles. The molecule has 6 rings (SSSR count). The molecule has 33 heavy (non-hydrogen) atoms. The summed E-state index contributed by atoms with van der Waals surface area (Å²) in [7, 11) is 6.45. The minimum Gasteiger partial charge on any atom is -0.361 e. The van der Waals surface area contributed by atoms with Crippen molar-refractivity contribution < 1.29 is 9.58 Å². The van der Waals surface area contributed by atoms with Gasteiger partial charge in [-0.2, -0.15) is 4.65 Å². The Kier molecular flexibility index (Phi) is 3.99. The quantitative estimate of drug-likeness (QED) is 0.386. The van der Waals surface area contributed by atoms with Crippen LogP contribution < -0.4 is 0 Å². The standard InChI is InChI=1S/C28H37N4O/c1-26(2,3)32(7,8)33-31(6)28(17-9-10-17)21-12-14-30-25(21)19-15-22-18(16-23(19)28)24-20(11-13-29-24)27(22,4)5/h11-17,29-30H,9-10H2,1-8H3/q+1. The zero-order valence-electron chi connectivity index (χ0n) is 21.3. The summed E-state index contributed by atoms with van der Waals surface area (Å²) < 4.78 is 0.450. The highest BCUT2D eigenvalue weighted by molar-refractivity contribution is 5.87. The predicted molar refractivity (Wildman–Crippen MR) is 132 cm³/mol. The normalized spacial score (nSPS) is 22.9. The van der Waals surface area contributed by atoms with Gasteiger partial charge in [-0.15, -0.1) is 10.0 Å². The average Bonchev–Trinajstić information content (AvgIpc) is 3.11. The van der Waals surface area contributed by atoms with E-state index in [2.05, 4.69) is 107 Å². The number of hydrogen-bond donors (Lipinski definition) is 2. The molecule has 3 aliphatic carbocycles. The molecule has 3 aromatic rings. The fraction of sp³-hybridized carbons (Fsp3) is 0.500. The number of hydrogen-bond acceptors (Lipinski definition) is 2. The summed E-state index contributed by atoms with van der Waals surface area (Å²) in [5, 5.41) is 2.19. The largest absolute Gasteiger partial charge is 0.361 e. The molecule has 3 aliphatic rings. The summed E-state index contributed by atoms with van der Waals surface area (Å²) in [5.74, 6) is 0.536. The maximum Gasteiger partial charge on any atom is 0.122 e. The molecule has 1 unspecified atom stereocenters. The molecule has 0 amide bonds. The molecule has 174 valence electrons. The maximum atomic E-state index is 6.84. The van der Waals surface area contributed by atoms with Crippen LogP contribution in [0.3, 0.4) is 0 Å². The molecule has 0 spiro atoms. The maximum absolute atomic E-state index is 6.84. The van der Waals surface area contributed by atoms with Crippen LogP contribution in [0.5, 0.6) is 0 Å². The van der Waals surface area contributed by atoms with Crippen molar-refractivity contribution in [1.29, 1.82) is 0 Å². The highest BCUT2D eigenvalue weighted by Gasteiger charge is 2.59. The van der Waals surface area contributed by atoms with Crippen molar-refractivity contribution in [2.24, 2.45) is 5.92 Å². The minimum absolute atomic E-state index is 0.00913. The lowest BCUT2D eigenvalue weighted by molar-refractivity contribution is -1.14. The van der Waals surface area contributed by atoms with E-state index >= 15 is 0 Å². The summed E-state index contributed by atoms with van der Waals surface area (Å²) in [5.41, 5.74) is 10.4. The van der Waals surface area contributed by atoms with Crippen molar-refractivity contribution in [2.45, 2.75) is 64.0 Å². The van der Waals surface area contributed by atoms with Crippen LogP contribution in [0, 0.1) is 5.92 Å². The van der Waals surface area contributed by atoms with E-state index in [1.165, 1.54) is 57.6 Å². The summed E-state index contributed by atoms with van der Waals surface area (Å²) in [4.78, 5) is 14.0. The predicted octanol–water partition coefficient (Wildman–Crippen LogP) is 5.94. The molecule has 1 atom stereocenters. The van der Waals surface area contributed by atoms with Gasteiger partial charge >= 0.3 is 0 Å². The highest BCUT2D eigenvalue weighted by atomic mass is 16.9. The molecule has 5 nitrogen and oxygen atoms in total. The SMILES string of the molecule is CN(O[N+](C)(C)C(C)(C)C)C1(C2CC2)c2cc3c(cc2-c2[nH]ccc21)C(C)(C)c1cc[nH]c1-3. The topological polar surface area (TPSA) is 44.0 Å². The zero-order valence-corrected chi connectivity index (χ0v) is 21.3. The zero-order chi connectivity index (χ0) is 23.6. The van der Waals surface area contributed by atoms with Crippen molar-refractivity contribution in [3.63, 3.8) is 0 Å². The first-order valence-corrected chi connectivity index (χ1v) is 12.2. The van der Waals surface area contributed by atoms with Gasteiger partial charge in [0.05, 0.1) is 5.69 Å². The highest BCUT2D eigenvalue weighted by Crippen LogP contribution is 2.63. The second kappa shape index (κ2) is 6.21. The Morgan fingerprint density at radius 3 is 2.06 bits per heavy atom. The lowest BCUT2D eigenvalue weighted by Gasteiger charge is -2.46. The number of aromatic amines is 2. The fourth-order valence-corrected chi connectivity index (χ4v) is 6.19. The van der Waals surface area contributed by atoms with Crippen LogP contribution >= 0.6 is 0 Å². The van der Waals surface area contributed by atoms with Gasteiger partial charge in [0.25, 0.3) is 0 Å². The Hall–Kier alpha value is -2.34. The monoisotopic (exact) mass is 445 g/mol. The van der Waals surface area contributed by atoms with Crippen LogP contribution in [0.25, 0.3) is 22.5 Å². The van der Waals surface area contributed by atoms with Gasteiger partial charge in [0.1, 0.15) is 25.2 Å². The second-order valence-corrected chi connectivity index (χ2v) is 12.2. The van der Waals surface area contributed by atoms with Crippen LogP contribution in [0.15, 0.2) is 36.7 Å². The molecule has 0 radical (unpaired) electrons. The molecule has 1 saturated carbocycles. The van der Waals surface area contributed by atoms with E-state index in [4.69, 9.17) is 4.94 Å². The third kappa shape index (κ3) is 2.53. The van der Waals surface area contributed by atoms with E-state index in [0.717, 1.165) is 0 Å². The van der Waals surface area contributed by atoms with Gasteiger partial charge in [-0.1, -0.05) is 13.8 Å². The van der Waals surface area contributed by atoms with E-state index in [-0.39, 0.29) is 16.5 Å². The molecular weight excluding hydrogens is 408 g/mol. The fourth-order valence-electron chi connectivity index (χ4n) is 6.19. The van der Waals surface area contributed by atoms with Gasteiger partial charge in [0.2, 0.25) is 0 Å². The van der Waals surface area contributed by atoms with Gasteiger partial charge in [-0.3, -0.25) is 0 Å². The van der Waals surface area contributed by atoms with E-state index < -0.39 is 0 Å². The Bertz CT molecular complexity index is 1270. The number of aromatic nitrogens is 2. The van der Waals surface area contributed by atoms with Crippen molar-refractivity contribution in [2.75, 3.05) is 21.1 Å². The number of H-pyrrole nitrogens is 2. The lowest BCUT2D eigenvalue weighted by Crippen LogP contribution is -2.60. The molecule has 0 bridgehead atoms. The van der Waals surface area contributed by atoms with E-state index in [0.29, 0.717) is 10.6 Å². The van der Waals surface area contributed by atoms with E-state index in [1.54, 1.807) is 0 Å². The lowest BCUT2D eigenvalue weighted by atomic mass is 9.79. The second-order valence-electron chi connectivity index (χ2n) is 12.2. The molecule has 1 fully saturated rings. The first-order valence-electron chi connectivity index (χ1n) is 12.2. The van der Waals surface area contributed by atoms with Gasteiger partial charge < -0.3 is 9.97 Å². The van der Waals surface area contributed by atoms with Gasteiger partial charge in [0, 0.05) is 47.2 Å². The molecule has 1 aromatic carbocycles. The molecule has 2 aromatic heterocycles. The number of quaternary nitrogens is 1. The first kappa shape index (κ1) is 21.2. The minimum atomic E-state index is -0.292. The number of hydroxylamine groups is 5. The Labute approximate surface area is 197 Å².